The Morgan fingerprint density at radius 2 is 2.11 bits per heavy atom. The number of nitrogens with zero attached hydrogens (tertiary/aromatic N) is 1. The molecule has 0 radical (unpaired) electrons. The number of amides is 2. The molecule has 1 aromatic rings. The second-order valence-corrected chi connectivity index (χ2v) is 5.14. The quantitative estimate of drug-likeness (QED) is 0.824. The van der Waals surface area contributed by atoms with Crippen LogP contribution in [0.2, 0.25) is 0 Å². The van der Waals surface area contributed by atoms with Gasteiger partial charge in [-0.05, 0) is 30.2 Å². The zero-order chi connectivity index (χ0) is 13.4. The van der Waals surface area contributed by atoms with Crippen LogP contribution < -0.4 is 15.5 Å². The first kappa shape index (κ1) is 12.2. The molecular weight excluding hydrogens is 242 g/mol. The van der Waals surface area contributed by atoms with Gasteiger partial charge in [0.2, 0.25) is 11.8 Å². The van der Waals surface area contributed by atoms with Crippen molar-refractivity contribution in [2.75, 3.05) is 30.4 Å². The predicted octanol–water partition coefficient (Wildman–Crippen LogP) is 0.753. The van der Waals surface area contributed by atoms with Crippen LogP contribution >= 0.6 is 0 Å². The number of benzene rings is 1. The topological polar surface area (TPSA) is 61.4 Å². The van der Waals surface area contributed by atoms with Gasteiger partial charge in [0, 0.05) is 37.9 Å². The molecule has 0 spiro atoms. The van der Waals surface area contributed by atoms with Crippen molar-refractivity contribution < 1.29 is 9.59 Å². The smallest absolute Gasteiger partial charge is 0.232 e. The van der Waals surface area contributed by atoms with Gasteiger partial charge >= 0.3 is 0 Å². The van der Waals surface area contributed by atoms with Crippen molar-refractivity contribution in [2.45, 2.75) is 12.8 Å². The Kier molecular flexibility index (Phi) is 2.98. The van der Waals surface area contributed by atoms with Crippen LogP contribution in [-0.2, 0) is 16.0 Å². The second-order valence-electron chi connectivity index (χ2n) is 5.14. The van der Waals surface area contributed by atoms with E-state index < -0.39 is 0 Å². The summed E-state index contributed by atoms with van der Waals surface area (Å²) in [6.07, 6.45) is 1.25. The van der Waals surface area contributed by atoms with Crippen molar-refractivity contribution in [2.24, 2.45) is 5.92 Å². The maximum absolute atomic E-state index is 12.2. The lowest BCUT2D eigenvalue weighted by Gasteiger charge is -2.30. The molecule has 3 rings (SSSR count). The summed E-state index contributed by atoms with van der Waals surface area (Å²) in [5.74, 6) is 0.310. The van der Waals surface area contributed by atoms with Crippen LogP contribution in [0.25, 0.3) is 0 Å². The summed E-state index contributed by atoms with van der Waals surface area (Å²) >= 11 is 0. The summed E-state index contributed by atoms with van der Waals surface area (Å²) in [6.45, 7) is 1.54. The molecule has 0 saturated carbocycles. The molecule has 2 aliphatic rings. The van der Waals surface area contributed by atoms with E-state index in [1.807, 2.05) is 25.2 Å². The first-order valence-electron chi connectivity index (χ1n) is 6.56. The van der Waals surface area contributed by atoms with E-state index in [-0.39, 0.29) is 17.7 Å². The minimum atomic E-state index is 0.0604. The fraction of sp³-hybridized carbons (Fsp3) is 0.429. The van der Waals surface area contributed by atoms with E-state index in [4.69, 9.17) is 0 Å². The highest BCUT2D eigenvalue weighted by Gasteiger charge is 2.28. The summed E-state index contributed by atoms with van der Waals surface area (Å²) in [5, 5.41) is 5.96. The first-order chi connectivity index (χ1) is 9.15. The minimum Gasteiger partial charge on any atom is -0.326 e. The molecule has 0 aliphatic carbocycles. The van der Waals surface area contributed by atoms with Gasteiger partial charge in [-0.2, -0.15) is 0 Å². The van der Waals surface area contributed by atoms with Gasteiger partial charge in [-0.15, -0.1) is 0 Å². The minimum absolute atomic E-state index is 0.0604. The van der Waals surface area contributed by atoms with Crippen LogP contribution in [0, 0.1) is 5.92 Å². The molecule has 2 heterocycles. The molecule has 0 aromatic heterocycles. The number of carbonyl (C=O) groups is 2. The van der Waals surface area contributed by atoms with Crippen LogP contribution in [0.15, 0.2) is 18.2 Å². The molecule has 5 heteroatoms. The standard InChI is InChI=1S/C14H17N3O2/c1-17(14(19)10-7-15-8-10)11-3-4-12-9(6-11)2-5-13(18)16-12/h3-4,6,10,15H,2,5,7-8H2,1H3,(H,16,18). The first-order valence-corrected chi connectivity index (χ1v) is 6.56. The number of nitrogens with one attached hydrogen (secondary N) is 2. The van der Waals surface area contributed by atoms with Crippen molar-refractivity contribution in [3.05, 3.63) is 23.8 Å². The van der Waals surface area contributed by atoms with Crippen molar-refractivity contribution in [1.82, 2.24) is 5.32 Å². The molecule has 100 valence electrons. The fourth-order valence-electron chi connectivity index (χ4n) is 2.44. The van der Waals surface area contributed by atoms with Gasteiger partial charge in [0.05, 0.1) is 5.92 Å². The van der Waals surface area contributed by atoms with Crippen LogP contribution in [0.5, 0.6) is 0 Å². The fourth-order valence-corrected chi connectivity index (χ4v) is 2.44. The number of hydrogen-bond acceptors (Lipinski definition) is 3. The van der Waals surface area contributed by atoms with E-state index in [0.717, 1.165) is 36.4 Å². The number of aryl methyl sites for hydroxylation is 1. The number of carbonyl (C=O) groups excluding carboxylic acids is 2. The largest absolute Gasteiger partial charge is 0.326 e. The van der Waals surface area contributed by atoms with E-state index in [1.54, 1.807) is 4.90 Å². The van der Waals surface area contributed by atoms with Gasteiger partial charge in [0.15, 0.2) is 0 Å². The monoisotopic (exact) mass is 259 g/mol. The van der Waals surface area contributed by atoms with Crippen LogP contribution in [0.4, 0.5) is 11.4 Å². The van der Waals surface area contributed by atoms with Gasteiger partial charge in [0.25, 0.3) is 0 Å². The van der Waals surface area contributed by atoms with E-state index in [2.05, 4.69) is 10.6 Å². The summed E-state index contributed by atoms with van der Waals surface area (Å²) in [4.78, 5) is 25.2. The molecule has 19 heavy (non-hydrogen) atoms. The SMILES string of the molecule is CN(C(=O)C1CNC1)c1ccc2c(c1)CCC(=O)N2. The van der Waals surface area contributed by atoms with E-state index in [1.165, 1.54) is 0 Å². The average molecular weight is 259 g/mol. The molecule has 1 fully saturated rings. The molecule has 5 nitrogen and oxygen atoms in total. The van der Waals surface area contributed by atoms with Gasteiger partial charge in [0.1, 0.15) is 0 Å². The van der Waals surface area contributed by atoms with E-state index >= 15 is 0 Å². The Hall–Kier alpha value is -1.88. The van der Waals surface area contributed by atoms with Crippen LogP contribution in [-0.4, -0.2) is 32.0 Å². The zero-order valence-corrected chi connectivity index (χ0v) is 10.9. The van der Waals surface area contributed by atoms with Gasteiger partial charge in [-0.3, -0.25) is 9.59 Å². The molecular formula is C14H17N3O2. The number of fused-ring (bicyclic) bond motifs is 1. The summed E-state index contributed by atoms with van der Waals surface area (Å²) in [5.41, 5.74) is 2.86. The van der Waals surface area contributed by atoms with Crippen LogP contribution in [0.3, 0.4) is 0 Å². The highest BCUT2D eigenvalue weighted by molar-refractivity contribution is 5.97. The number of hydrogen-bond donors (Lipinski definition) is 2. The average Bonchev–Trinajstić information content (AvgIpc) is 2.35. The molecule has 1 aromatic carbocycles. The van der Waals surface area contributed by atoms with Crippen LogP contribution in [0.1, 0.15) is 12.0 Å². The molecule has 2 N–H and O–H groups in total. The molecule has 2 amide bonds. The Morgan fingerprint density at radius 3 is 2.79 bits per heavy atom. The maximum Gasteiger partial charge on any atom is 0.232 e. The van der Waals surface area contributed by atoms with Crippen molar-refractivity contribution in [1.29, 1.82) is 0 Å². The third-order valence-electron chi connectivity index (χ3n) is 3.83. The van der Waals surface area contributed by atoms with Crippen molar-refractivity contribution in [3.8, 4) is 0 Å². The lowest BCUT2D eigenvalue weighted by Crippen LogP contribution is -2.51. The Bertz CT molecular complexity index is 537. The lowest BCUT2D eigenvalue weighted by molar-refractivity contribution is -0.123. The van der Waals surface area contributed by atoms with E-state index in [0.29, 0.717) is 6.42 Å². The Morgan fingerprint density at radius 1 is 1.32 bits per heavy atom. The van der Waals surface area contributed by atoms with Gasteiger partial charge < -0.3 is 15.5 Å². The molecule has 0 atom stereocenters. The third kappa shape index (κ3) is 2.21. The van der Waals surface area contributed by atoms with Gasteiger partial charge in [-0.1, -0.05) is 0 Å². The molecule has 1 saturated heterocycles. The molecule has 2 aliphatic heterocycles. The summed E-state index contributed by atoms with van der Waals surface area (Å²) < 4.78 is 0. The van der Waals surface area contributed by atoms with Crippen molar-refractivity contribution in [3.63, 3.8) is 0 Å². The highest BCUT2D eigenvalue weighted by atomic mass is 16.2. The third-order valence-corrected chi connectivity index (χ3v) is 3.83. The normalized spacial score (nSPS) is 18.3. The Labute approximate surface area is 112 Å². The molecule has 0 unspecified atom stereocenters. The second kappa shape index (κ2) is 4.66. The van der Waals surface area contributed by atoms with E-state index in [9.17, 15) is 9.59 Å². The summed E-state index contributed by atoms with van der Waals surface area (Å²) in [6, 6.07) is 5.76. The maximum atomic E-state index is 12.2. The Balaban J connectivity index is 1.81. The number of rotatable bonds is 2. The predicted molar refractivity (Wildman–Crippen MR) is 73.2 cm³/mol. The van der Waals surface area contributed by atoms with Crippen molar-refractivity contribution >= 4 is 23.2 Å². The highest BCUT2D eigenvalue weighted by Crippen LogP contribution is 2.27. The summed E-state index contributed by atoms with van der Waals surface area (Å²) in [7, 11) is 1.81. The number of anilines is 2. The zero-order valence-electron chi connectivity index (χ0n) is 10.9. The van der Waals surface area contributed by atoms with Gasteiger partial charge in [-0.25, -0.2) is 0 Å². The molecule has 0 bridgehead atoms. The lowest BCUT2D eigenvalue weighted by atomic mass is 10.00.